The molecule has 0 saturated carbocycles. The summed E-state index contributed by atoms with van der Waals surface area (Å²) in [6, 6.07) is 17.6. The first kappa shape index (κ1) is 20.5. The van der Waals surface area contributed by atoms with E-state index in [0.717, 1.165) is 11.1 Å². The van der Waals surface area contributed by atoms with Crippen molar-refractivity contribution in [1.29, 1.82) is 0 Å². The van der Waals surface area contributed by atoms with Gasteiger partial charge in [0.25, 0.3) is 0 Å². The van der Waals surface area contributed by atoms with E-state index in [1.165, 1.54) is 4.90 Å². The minimum Gasteiger partial charge on any atom is -0.472 e. The first-order valence-electron chi connectivity index (χ1n) is 9.95. The van der Waals surface area contributed by atoms with Gasteiger partial charge in [-0.2, -0.15) is 0 Å². The Morgan fingerprint density at radius 1 is 1.00 bits per heavy atom. The van der Waals surface area contributed by atoms with Crippen LogP contribution in [0.1, 0.15) is 17.5 Å². The Bertz CT molecular complexity index is 976. The van der Waals surface area contributed by atoms with Gasteiger partial charge in [-0.3, -0.25) is 9.69 Å². The molecule has 2 aliphatic rings. The van der Waals surface area contributed by atoms with Crippen LogP contribution in [0.25, 0.3) is 0 Å². The van der Waals surface area contributed by atoms with Gasteiger partial charge in [0.1, 0.15) is 19.0 Å². The van der Waals surface area contributed by atoms with E-state index in [4.69, 9.17) is 14.2 Å². The lowest BCUT2D eigenvalue weighted by molar-refractivity contribution is -0.166. The summed E-state index contributed by atoms with van der Waals surface area (Å²) >= 11 is 0. The molecule has 0 aliphatic carbocycles. The van der Waals surface area contributed by atoms with Gasteiger partial charge in [0, 0.05) is 6.54 Å². The van der Waals surface area contributed by atoms with Crippen molar-refractivity contribution in [3.63, 3.8) is 0 Å². The van der Waals surface area contributed by atoms with E-state index in [9.17, 15) is 14.4 Å². The molecule has 0 bridgehead atoms. The topological polar surface area (TPSA) is 94.2 Å². The molecule has 2 aliphatic heterocycles. The summed E-state index contributed by atoms with van der Waals surface area (Å²) in [7, 11) is 0. The van der Waals surface area contributed by atoms with E-state index >= 15 is 0 Å². The average molecular weight is 422 g/mol. The molecule has 8 heteroatoms. The molecule has 2 atom stereocenters. The van der Waals surface area contributed by atoms with Crippen LogP contribution in [0.15, 0.2) is 72.5 Å². The first-order chi connectivity index (χ1) is 15.1. The lowest BCUT2D eigenvalue weighted by atomic mass is 10.1. The SMILES string of the molecule is O=C(NC/C=C1/O[C@H]2CC(=O)N2[C@@H]1C(=O)OCc1ccccc1)OCc1ccccc1. The van der Waals surface area contributed by atoms with Gasteiger partial charge in [-0.25, -0.2) is 9.59 Å². The fourth-order valence-corrected chi connectivity index (χ4v) is 3.37. The number of β-lactam (4-membered cyclic amide) rings is 1. The number of fused-ring (bicyclic) bond motifs is 1. The number of amides is 2. The van der Waals surface area contributed by atoms with E-state index in [-0.39, 0.29) is 37.8 Å². The third kappa shape index (κ3) is 4.85. The molecular formula is C23H22N2O6. The summed E-state index contributed by atoms with van der Waals surface area (Å²) in [5.41, 5.74) is 1.72. The van der Waals surface area contributed by atoms with Gasteiger partial charge in [-0.15, -0.1) is 0 Å². The van der Waals surface area contributed by atoms with E-state index in [1.54, 1.807) is 6.08 Å². The molecule has 0 unspecified atom stereocenters. The van der Waals surface area contributed by atoms with Gasteiger partial charge in [-0.05, 0) is 17.2 Å². The monoisotopic (exact) mass is 422 g/mol. The van der Waals surface area contributed by atoms with Gasteiger partial charge >= 0.3 is 12.1 Å². The molecule has 160 valence electrons. The molecule has 0 radical (unpaired) electrons. The van der Waals surface area contributed by atoms with Crippen molar-refractivity contribution >= 4 is 18.0 Å². The van der Waals surface area contributed by atoms with Crippen LogP contribution in [0, 0.1) is 0 Å². The number of carbonyl (C=O) groups is 3. The summed E-state index contributed by atoms with van der Waals surface area (Å²) in [6.45, 7) is 0.332. The van der Waals surface area contributed by atoms with E-state index in [0.29, 0.717) is 0 Å². The fourth-order valence-electron chi connectivity index (χ4n) is 3.37. The van der Waals surface area contributed by atoms with Crippen molar-refractivity contribution in [2.75, 3.05) is 6.54 Å². The van der Waals surface area contributed by atoms with Gasteiger partial charge in [0.05, 0.1) is 6.42 Å². The maximum atomic E-state index is 12.7. The van der Waals surface area contributed by atoms with Crippen molar-refractivity contribution in [3.05, 3.63) is 83.6 Å². The third-order valence-corrected chi connectivity index (χ3v) is 4.98. The molecular weight excluding hydrogens is 400 g/mol. The molecule has 0 spiro atoms. The van der Waals surface area contributed by atoms with Crippen molar-refractivity contribution in [2.24, 2.45) is 0 Å². The molecule has 2 aromatic rings. The number of nitrogens with one attached hydrogen (secondary N) is 1. The Morgan fingerprint density at radius 2 is 1.61 bits per heavy atom. The minimum absolute atomic E-state index is 0.0835. The number of carbonyl (C=O) groups excluding carboxylic acids is 3. The Hall–Kier alpha value is -3.81. The second-order valence-electron chi connectivity index (χ2n) is 7.12. The fraction of sp³-hybridized carbons (Fsp3) is 0.261. The largest absolute Gasteiger partial charge is 0.472 e. The highest BCUT2D eigenvalue weighted by Crippen LogP contribution is 2.36. The van der Waals surface area contributed by atoms with Crippen LogP contribution in [0.2, 0.25) is 0 Å². The minimum atomic E-state index is -0.947. The zero-order chi connectivity index (χ0) is 21.6. The number of nitrogens with zero attached hydrogens (tertiary/aromatic N) is 1. The van der Waals surface area contributed by atoms with Crippen molar-refractivity contribution < 1.29 is 28.6 Å². The Balaban J connectivity index is 1.32. The smallest absolute Gasteiger partial charge is 0.407 e. The number of benzene rings is 2. The van der Waals surface area contributed by atoms with Crippen molar-refractivity contribution in [1.82, 2.24) is 10.2 Å². The highest BCUT2D eigenvalue weighted by atomic mass is 16.6. The van der Waals surface area contributed by atoms with Gasteiger partial charge < -0.3 is 19.5 Å². The Morgan fingerprint density at radius 3 is 2.23 bits per heavy atom. The van der Waals surface area contributed by atoms with Crippen LogP contribution in [-0.2, 0) is 37.0 Å². The second kappa shape index (κ2) is 9.34. The summed E-state index contributed by atoms with van der Waals surface area (Å²) in [4.78, 5) is 37.9. The van der Waals surface area contributed by atoms with Gasteiger partial charge in [0.15, 0.2) is 12.3 Å². The molecule has 31 heavy (non-hydrogen) atoms. The zero-order valence-electron chi connectivity index (χ0n) is 16.7. The second-order valence-corrected chi connectivity index (χ2v) is 7.12. The molecule has 2 heterocycles. The summed E-state index contributed by atoms with van der Waals surface area (Å²) in [5.74, 6) is -0.458. The molecule has 2 saturated heterocycles. The molecule has 8 nitrogen and oxygen atoms in total. The number of esters is 1. The highest BCUT2D eigenvalue weighted by molar-refractivity contribution is 5.91. The summed E-state index contributed by atoms with van der Waals surface area (Å²) in [5, 5.41) is 2.59. The molecule has 2 amide bonds. The van der Waals surface area contributed by atoms with E-state index in [1.807, 2.05) is 60.7 Å². The van der Waals surface area contributed by atoms with Gasteiger partial charge in [-0.1, -0.05) is 60.7 Å². The molecule has 2 aromatic carbocycles. The Labute approximate surface area is 179 Å². The predicted octanol–water partition coefficient (Wildman–Crippen LogP) is 2.50. The van der Waals surface area contributed by atoms with Gasteiger partial charge in [0.2, 0.25) is 5.91 Å². The van der Waals surface area contributed by atoms with Crippen molar-refractivity contribution in [2.45, 2.75) is 31.9 Å². The molecule has 4 rings (SSSR count). The molecule has 2 fully saturated rings. The van der Waals surface area contributed by atoms with Crippen LogP contribution in [0.5, 0.6) is 0 Å². The quantitative estimate of drug-likeness (QED) is 0.544. The van der Waals surface area contributed by atoms with E-state index in [2.05, 4.69) is 5.32 Å². The third-order valence-electron chi connectivity index (χ3n) is 4.98. The van der Waals surface area contributed by atoms with Crippen LogP contribution < -0.4 is 5.32 Å². The number of alkyl carbamates (subject to hydrolysis) is 1. The summed E-state index contributed by atoms with van der Waals surface area (Å²) in [6.07, 6.45) is 0.704. The van der Waals surface area contributed by atoms with Crippen LogP contribution in [-0.4, -0.2) is 41.7 Å². The van der Waals surface area contributed by atoms with Crippen LogP contribution in [0.4, 0.5) is 4.79 Å². The average Bonchev–Trinajstić information content (AvgIpc) is 3.09. The number of hydrogen-bond acceptors (Lipinski definition) is 6. The lowest BCUT2D eigenvalue weighted by Crippen LogP contribution is -2.55. The number of ether oxygens (including phenoxy) is 3. The molecule has 1 N–H and O–H groups in total. The normalized spacial score (nSPS) is 20.5. The standard InChI is InChI=1S/C23H22N2O6/c26-19-13-20-25(19)21(22(27)29-14-16-7-3-1-4-8-16)18(31-20)11-12-24-23(28)30-15-17-9-5-2-6-10-17/h1-11,20-21H,12-15H2,(H,24,28)/b18-11+/t20-,21-/m0/s1. The molecule has 0 aromatic heterocycles. The highest BCUT2D eigenvalue weighted by Gasteiger charge is 2.54. The summed E-state index contributed by atoms with van der Waals surface area (Å²) < 4.78 is 16.2. The van der Waals surface area contributed by atoms with Crippen LogP contribution >= 0.6 is 0 Å². The Kier molecular flexibility index (Phi) is 6.16. The van der Waals surface area contributed by atoms with Crippen LogP contribution in [0.3, 0.4) is 0 Å². The van der Waals surface area contributed by atoms with Crippen molar-refractivity contribution in [3.8, 4) is 0 Å². The number of hydrogen-bond donors (Lipinski definition) is 1. The predicted molar refractivity (Wildman–Crippen MR) is 109 cm³/mol. The number of rotatable bonds is 7. The lowest BCUT2D eigenvalue weighted by Gasteiger charge is -2.33. The van der Waals surface area contributed by atoms with E-state index < -0.39 is 24.3 Å². The zero-order valence-corrected chi connectivity index (χ0v) is 16.7. The maximum Gasteiger partial charge on any atom is 0.407 e. The first-order valence-corrected chi connectivity index (χ1v) is 9.95. The maximum absolute atomic E-state index is 12.7.